The normalized spacial score (nSPS) is 18.9. The van der Waals surface area contributed by atoms with Crippen LogP contribution in [0.5, 0.6) is 0 Å². The Morgan fingerprint density at radius 3 is 2.54 bits per heavy atom. The summed E-state index contributed by atoms with van der Waals surface area (Å²) in [5, 5.41) is 8.86. The van der Waals surface area contributed by atoms with E-state index in [9.17, 15) is 8.78 Å². The van der Waals surface area contributed by atoms with Crippen molar-refractivity contribution in [3.05, 3.63) is 70.4 Å². The van der Waals surface area contributed by atoms with Gasteiger partial charge in [-0.25, -0.2) is 18.7 Å². The van der Waals surface area contributed by atoms with Crippen LogP contribution in [-0.4, -0.2) is 20.2 Å². The van der Waals surface area contributed by atoms with Crippen molar-refractivity contribution in [2.45, 2.75) is 38.5 Å². The molecule has 0 aliphatic heterocycles. The molecule has 0 amide bonds. The molecule has 1 atom stereocenters. The Morgan fingerprint density at radius 1 is 1.11 bits per heavy atom. The smallest absolute Gasteiger partial charge is 0.222 e. The van der Waals surface area contributed by atoms with E-state index in [1.807, 2.05) is 6.07 Å². The summed E-state index contributed by atoms with van der Waals surface area (Å²) < 4.78 is 28.4. The van der Waals surface area contributed by atoms with E-state index in [0.717, 1.165) is 36.2 Å². The van der Waals surface area contributed by atoms with Gasteiger partial charge in [-0.05, 0) is 66.6 Å². The van der Waals surface area contributed by atoms with Crippen molar-refractivity contribution in [2.75, 3.05) is 0 Å². The number of nitrogens with zero attached hydrogens (tertiary/aromatic N) is 4. The van der Waals surface area contributed by atoms with Crippen LogP contribution in [0.4, 0.5) is 8.78 Å². The van der Waals surface area contributed by atoms with Crippen molar-refractivity contribution in [1.29, 1.82) is 0 Å². The summed E-state index contributed by atoms with van der Waals surface area (Å²) in [7, 11) is 0. The molecule has 0 spiro atoms. The zero-order chi connectivity index (χ0) is 19.9. The molecule has 144 valence electrons. The first kappa shape index (κ1) is 18.9. The molecule has 3 aromatic rings. The molecule has 0 unspecified atom stereocenters. The number of hydrogen-bond acceptors (Lipinski definition) is 4. The second-order valence-corrected chi connectivity index (χ2v) is 7.73. The van der Waals surface area contributed by atoms with Crippen molar-refractivity contribution in [1.82, 2.24) is 20.2 Å². The van der Waals surface area contributed by atoms with E-state index < -0.39 is 17.0 Å². The Kier molecular flexibility index (Phi) is 4.83. The Balaban J connectivity index is 1.90. The Bertz CT molecular complexity index is 1020. The van der Waals surface area contributed by atoms with Gasteiger partial charge >= 0.3 is 0 Å². The van der Waals surface area contributed by atoms with Gasteiger partial charge in [0.25, 0.3) is 0 Å². The maximum atomic E-state index is 14.2. The van der Waals surface area contributed by atoms with Crippen molar-refractivity contribution < 1.29 is 8.78 Å². The molecule has 4 rings (SSSR count). The first-order valence-corrected chi connectivity index (χ1v) is 9.62. The van der Waals surface area contributed by atoms with Gasteiger partial charge in [0, 0.05) is 6.20 Å². The molecule has 2 aromatic heterocycles. The van der Waals surface area contributed by atoms with Gasteiger partial charge < -0.3 is 0 Å². The average molecular weight is 401 g/mol. The van der Waals surface area contributed by atoms with Gasteiger partial charge in [-0.2, -0.15) is 5.10 Å². The van der Waals surface area contributed by atoms with Crippen LogP contribution in [0, 0.1) is 17.6 Å². The molecule has 1 aliphatic rings. The second-order valence-electron chi connectivity index (χ2n) is 7.39. The highest BCUT2D eigenvalue weighted by molar-refractivity contribution is 6.28. The van der Waals surface area contributed by atoms with Gasteiger partial charge in [-0.3, -0.25) is 0 Å². The second kappa shape index (κ2) is 7.17. The molecule has 2 heterocycles. The largest absolute Gasteiger partial charge is 0.227 e. The van der Waals surface area contributed by atoms with Crippen LogP contribution < -0.4 is 0 Å². The molecule has 7 heteroatoms. The van der Waals surface area contributed by atoms with Crippen LogP contribution in [0.3, 0.4) is 0 Å². The van der Waals surface area contributed by atoms with E-state index >= 15 is 0 Å². The third kappa shape index (κ3) is 2.96. The van der Waals surface area contributed by atoms with Gasteiger partial charge in [-0.1, -0.05) is 19.9 Å². The number of rotatable bonds is 3. The first-order valence-electron chi connectivity index (χ1n) is 9.24. The summed E-state index contributed by atoms with van der Waals surface area (Å²) in [6.45, 7) is 4.22. The van der Waals surface area contributed by atoms with E-state index in [1.165, 1.54) is 18.2 Å². The highest BCUT2D eigenvalue weighted by Gasteiger charge is 2.44. The minimum absolute atomic E-state index is 0.149. The summed E-state index contributed by atoms with van der Waals surface area (Å²) in [5.74, 6) is -1.13. The minimum atomic E-state index is -0.650. The molecule has 1 aliphatic carbocycles. The summed E-state index contributed by atoms with van der Waals surface area (Å²) in [6, 6.07) is 7.39. The molecule has 4 nitrogen and oxygen atoms in total. The number of aryl methyl sites for hydroxylation is 1. The summed E-state index contributed by atoms with van der Waals surface area (Å²) in [4.78, 5) is 8.45. The van der Waals surface area contributed by atoms with Gasteiger partial charge in [0.1, 0.15) is 11.6 Å². The van der Waals surface area contributed by atoms with E-state index in [4.69, 9.17) is 11.6 Å². The van der Waals surface area contributed by atoms with Gasteiger partial charge in [0.2, 0.25) is 5.28 Å². The monoisotopic (exact) mass is 400 g/mol. The highest BCUT2D eigenvalue weighted by Crippen LogP contribution is 2.46. The topological polar surface area (TPSA) is 51.6 Å². The van der Waals surface area contributed by atoms with Crippen molar-refractivity contribution in [3.63, 3.8) is 0 Å². The fourth-order valence-corrected chi connectivity index (χ4v) is 4.38. The number of aromatic nitrogens is 4. The first-order chi connectivity index (χ1) is 13.4. The average Bonchev–Trinajstić information content (AvgIpc) is 2.67. The Labute approximate surface area is 167 Å². The van der Waals surface area contributed by atoms with E-state index in [-0.39, 0.29) is 22.5 Å². The van der Waals surface area contributed by atoms with Gasteiger partial charge in [0.15, 0.2) is 0 Å². The lowest BCUT2D eigenvalue weighted by Crippen LogP contribution is -2.39. The minimum Gasteiger partial charge on any atom is -0.227 e. The molecule has 28 heavy (non-hydrogen) atoms. The fraction of sp³-hybridized carbons (Fsp3) is 0.333. The molecular weight excluding hydrogens is 382 g/mol. The van der Waals surface area contributed by atoms with Crippen molar-refractivity contribution in [2.24, 2.45) is 5.92 Å². The standard InChI is InChI=1S/C21H19ClF2N4/c1-12(2)21(17-8-10-25-20(22)26-17)9-4-5-13-11-16(27-28-19(13)21)18-14(23)6-3-7-15(18)24/h3,6-8,10-12H,4-5,9H2,1-2H3/t21-/m0/s1. The summed E-state index contributed by atoms with van der Waals surface area (Å²) in [6.07, 6.45) is 4.14. The van der Waals surface area contributed by atoms with Crippen molar-refractivity contribution >= 4 is 11.6 Å². The molecular formula is C21H19ClF2N4. The summed E-state index contributed by atoms with van der Waals surface area (Å²) in [5.41, 5.74) is 2.10. The van der Waals surface area contributed by atoms with Crippen molar-refractivity contribution in [3.8, 4) is 11.3 Å². The van der Waals surface area contributed by atoms with Crippen LogP contribution in [0.2, 0.25) is 5.28 Å². The Morgan fingerprint density at radius 2 is 1.86 bits per heavy atom. The fourth-order valence-electron chi connectivity index (χ4n) is 4.23. The zero-order valence-corrected chi connectivity index (χ0v) is 16.3. The quantitative estimate of drug-likeness (QED) is 0.571. The van der Waals surface area contributed by atoms with E-state index in [0.29, 0.717) is 0 Å². The molecule has 0 N–H and O–H groups in total. The lowest BCUT2D eigenvalue weighted by atomic mass is 9.64. The molecule has 0 saturated heterocycles. The SMILES string of the molecule is CC(C)[C@]1(c2ccnc(Cl)n2)CCCc2cc(-c3c(F)cccc3F)nnc21. The van der Waals surface area contributed by atoms with Crippen LogP contribution >= 0.6 is 11.6 Å². The molecule has 0 saturated carbocycles. The number of hydrogen-bond donors (Lipinski definition) is 0. The van der Waals surface area contributed by atoms with E-state index in [1.54, 1.807) is 12.3 Å². The Hall–Kier alpha value is -2.47. The summed E-state index contributed by atoms with van der Waals surface area (Å²) >= 11 is 6.06. The predicted octanol–water partition coefficient (Wildman–Crippen LogP) is 5.14. The van der Waals surface area contributed by atoms with Crippen LogP contribution in [0.25, 0.3) is 11.3 Å². The van der Waals surface area contributed by atoms with Gasteiger partial charge in [-0.15, -0.1) is 5.10 Å². The maximum absolute atomic E-state index is 14.2. The van der Waals surface area contributed by atoms with Gasteiger partial charge in [0.05, 0.1) is 28.1 Å². The number of halogens is 3. The van der Waals surface area contributed by atoms with E-state index in [2.05, 4.69) is 34.0 Å². The third-order valence-corrected chi connectivity index (χ3v) is 5.78. The van der Waals surface area contributed by atoms with Crippen LogP contribution in [0.1, 0.15) is 43.6 Å². The van der Waals surface area contributed by atoms with Crippen LogP contribution in [-0.2, 0) is 11.8 Å². The predicted molar refractivity (Wildman–Crippen MR) is 103 cm³/mol. The zero-order valence-electron chi connectivity index (χ0n) is 15.6. The molecule has 0 radical (unpaired) electrons. The van der Waals surface area contributed by atoms with Crippen LogP contribution in [0.15, 0.2) is 36.5 Å². The number of fused-ring (bicyclic) bond motifs is 1. The lowest BCUT2D eigenvalue weighted by molar-refractivity contribution is 0.299. The third-order valence-electron chi connectivity index (χ3n) is 5.60. The highest BCUT2D eigenvalue weighted by atomic mass is 35.5. The molecule has 0 fully saturated rings. The molecule has 1 aromatic carbocycles. The molecule has 0 bridgehead atoms. The maximum Gasteiger partial charge on any atom is 0.222 e. The lowest BCUT2D eigenvalue weighted by Gasteiger charge is -2.40. The number of benzene rings is 1.